The number of sulfonamides is 1. The number of piperazine rings is 1. The lowest BCUT2D eigenvalue weighted by molar-refractivity contribution is 0.251. The van der Waals surface area contributed by atoms with E-state index < -0.39 is 10.0 Å². The predicted octanol–water partition coefficient (Wildman–Crippen LogP) is 1.60. The largest absolute Gasteiger partial charge is 0.369 e. The lowest BCUT2D eigenvalue weighted by atomic mass is 10.2. The van der Waals surface area contributed by atoms with Crippen molar-refractivity contribution in [2.45, 2.75) is 24.2 Å². The number of unbranched alkanes of at least 4 members (excludes halogenated alkanes) is 2. The van der Waals surface area contributed by atoms with Crippen molar-refractivity contribution in [3.63, 3.8) is 0 Å². The van der Waals surface area contributed by atoms with Gasteiger partial charge in [0.2, 0.25) is 10.0 Å². The molecule has 0 atom stereocenters. The fourth-order valence-electron chi connectivity index (χ4n) is 2.68. The molecule has 0 bridgehead atoms. The van der Waals surface area contributed by atoms with Gasteiger partial charge in [0, 0.05) is 31.9 Å². The van der Waals surface area contributed by atoms with E-state index in [1.807, 2.05) is 0 Å². The Hall–Kier alpha value is -1.18. The molecule has 1 fully saturated rings. The van der Waals surface area contributed by atoms with Crippen LogP contribution in [0.1, 0.15) is 19.3 Å². The van der Waals surface area contributed by atoms with Gasteiger partial charge in [-0.3, -0.25) is 9.29 Å². The summed E-state index contributed by atoms with van der Waals surface area (Å²) in [4.78, 5) is 4.78. The van der Waals surface area contributed by atoms with Crippen LogP contribution in [0.2, 0.25) is 0 Å². The Morgan fingerprint density at radius 3 is 2.18 bits per heavy atom. The Balaban J connectivity index is 1.81. The van der Waals surface area contributed by atoms with Gasteiger partial charge in [-0.1, -0.05) is 0 Å². The van der Waals surface area contributed by atoms with Crippen molar-refractivity contribution < 1.29 is 12.8 Å². The highest BCUT2D eigenvalue weighted by Crippen LogP contribution is 2.19. The topological polar surface area (TPSA) is 66.6 Å². The summed E-state index contributed by atoms with van der Waals surface area (Å²) in [7, 11) is -3.63. The maximum absolute atomic E-state index is 12.0. The van der Waals surface area contributed by atoms with Gasteiger partial charge in [0.05, 0.1) is 11.6 Å². The monoisotopic (exact) mass is 329 g/mol. The van der Waals surface area contributed by atoms with E-state index in [0.717, 1.165) is 51.3 Å². The van der Waals surface area contributed by atoms with Gasteiger partial charge in [-0.15, -0.1) is 0 Å². The molecule has 1 heterocycles. The number of benzene rings is 1. The average molecular weight is 329 g/mol. The summed E-state index contributed by atoms with van der Waals surface area (Å²) < 4.78 is 34.5. The van der Waals surface area contributed by atoms with E-state index in [1.165, 1.54) is 0 Å². The smallest absolute Gasteiger partial charge is 0.238 e. The van der Waals surface area contributed by atoms with Crippen LogP contribution in [0.25, 0.3) is 0 Å². The van der Waals surface area contributed by atoms with Crippen LogP contribution in [0.3, 0.4) is 0 Å². The van der Waals surface area contributed by atoms with Crippen LogP contribution >= 0.6 is 0 Å². The molecule has 0 spiro atoms. The van der Waals surface area contributed by atoms with Crippen molar-refractivity contribution in [1.29, 1.82) is 0 Å². The average Bonchev–Trinajstić information content (AvgIpc) is 2.51. The van der Waals surface area contributed by atoms with E-state index in [4.69, 9.17) is 5.14 Å². The van der Waals surface area contributed by atoms with Crippen LogP contribution in [0.5, 0.6) is 0 Å². The van der Waals surface area contributed by atoms with E-state index in [0.29, 0.717) is 6.42 Å². The zero-order chi connectivity index (χ0) is 16.0. The maximum atomic E-state index is 12.0. The molecule has 0 saturated carbocycles. The summed E-state index contributed by atoms with van der Waals surface area (Å²) >= 11 is 0. The van der Waals surface area contributed by atoms with Crippen molar-refractivity contribution in [1.82, 2.24) is 4.90 Å². The summed E-state index contributed by atoms with van der Waals surface area (Å²) in [5.74, 6) is 0. The van der Waals surface area contributed by atoms with Gasteiger partial charge >= 0.3 is 0 Å². The normalized spacial score (nSPS) is 16.9. The lowest BCUT2D eigenvalue weighted by Crippen LogP contribution is -2.46. The molecule has 1 aromatic rings. The first-order valence-electron chi connectivity index (χ1n) is 7.67. The number of anilines is 1. The second-order valence-corrected chi connectivity index (χ2v) is 7.18. The molecule has 0 unspecified atom stereocenters. The number of rotatable bonds is 7. The zero-order valence-electron chi connectivity index (χ0n) is 12.7. The van der Waals surface area contributed by atoms with Crippen molar-refractivity contribution in [3.8, 4) is 0 Å². The Kier molecular flexibility index (Phi) is 6.16. The number of alkyl halides is 1. The third kappa shape index (κ3) is 4.93. The van der Waals surface area contributed by atoms with Gasteiger partial charge in [-0.05, 0) is 50.1 Å². The van der Waals surface area contributed by atoms with E-state index in [9.17, 15) is 12.8 Å². The first-order valence-corrected chi connectivity index (χ1v) is 9.21. The summed E-state index contributed by atoms with van der Waals surface area (Å²) in [5.41, 5.74) is 1.02. The van der Waals surface area contributed by atoms with Crippen LogP contribution in [-0.2, 0) is 10.0 Å². The number of primary sulfonamides is 1. The zero-order valence-corrected chi connectivity index (χ0v) is 13.6. The highest BCUT2D eigenvalue weighted by atomic mass is 32.2. The molecule has 1 saturated heterocycles. The third-order valence-corrected chi connectivity index (χ3v) is 4.94. The number of halogens is 1. The molecule has 0 aliphatic carbocycles. The molecule has 1 aliphatic heterocycles. The van der Waals surface area contributed by atoms with Gasteiger partial charge < -0.3 is 4.90 Å². The summed E-state index contributed by atoms with van der Waals surface area (Å²) in [5, 5.41) is 5.10. The number of hydrogen-bond acceptors (Lipinski definition) is 4. The van der Waals surface area contributed by atoms with E-state index in [-0.39, 0.29) is 11.6 Å². The molecule has 2 N–H and O–H groups in total. The van der Waals surface area contributed by atoms with Crippen molar-refractivity contribution in [2.24, 2.45) is 5.14 Å². The molecule has 0 amide bonds. The highest BCUT2D eigenvalue weighted by Gasteiger charge is 2.17. The highest BCUT2D eigenvalue weighted by molar-refractivity contribution is 7.89. The van der Waals surface area contributed by atoms with E-state index >= 15 is 0 Å². The van der Waals surface area contributed by atoms with Gasteiger partial charge in [0.15, 0.2) is 0 Å². The predicted molar refractivity (Wildman–Crippen MR) is 86.3 cm³/mol. The summed E-state index contributed by atoms with van der Waals surface area (Å²) in [6, 6.07) is 6.70. The molecule has 124 valence electrons. The Morgan fingerprint density at radius 1 is 1.00 bits per heavy atom. The fraction of sp³-hybridized carbons (Fsp3) is 0.600. The van der Waals surface area contributed by atoms with Crippen LogP contribution in [-0.4, -0.2) is 52.7 Å². The van der Waals surface area contributed by atoms with Crippen LogP contribution in [0, 0.1) is 0 Å². The van der Waals surface area contributed by atoms with Gasteiger partial charge in [-0.2, -0.15) is 0 Å². The quantitative estimate of drug-likeness (QED) is 0.772. The standard InChI is InChI=1S/C15H24FN3O2S/c16-8-2-1-3-9-18-10-12-19(13-11-18)14-4-6-15(7-5-14)22(17,20)21/h4-7H,1-3,8-13H2,(H2,17,20,21). The summed E-state index contributed by atoms with van der Waals surface area (Å²) in [6.45, 7) is 4.59. The molecule has 1 aromatic carbocycles. The fourth-order valence-corrected chi connectivity index (χ4v) is 3.20. The van der Waals surface area contributed by atoms with Gasteiger partial charge in [-0.25, -0.2) is 13.6 Å². The van der Waals surface area contributed by atoms with E-state index in [2.05, 4.69) is 9.80 Å². The number of nitrogens with zero attached hydrogens (tertiary/aromatic N) is 2. The van der Waals surface area contributed by atoms with Gasteiger partial charge in [0.1, 0.15) is 0 Å². The Morgan fingerprint density at radius 2 is 1.64 bits per heavy atom. The first-order chi connectivity index (χ1) is 10.5. The third-order valence-electron chi connectivity index (χ3n) is 4.01. The van der Waals surface area contributed by atoms with Crippen LogP contribution in [0.4, 0.5) is 10.1 Å². The first kappa shape index (κ1) is 17.2. The van der Waals surface area contributed by atoms with Crippen molar-refractivity contribution >= 4 is 15.7 Å². The molecular formula is C15H24FN3O2S. The molecule has 1 aliphatic rings. The minimum Gasteiger partial charge on any atom is -0.369 e. The molecule has 5 nitrogen and oxygen atoms in total. The molecule has 0 aromatic heterocycles. The molecular weight excluding hydrogens is 305 g/mol. The van der Waals surface area contributed by atoms with Crippen LogP contribution in [0.15, 0.2) is 29.2 Å². The SMILES string of the molecule is NS(=O)(=O)c1ccc(N2CCN(CCCCCF)CC2)cc1. The number of nitrogens with two attached hydrogens (primary N) is 1. The molecule has 7 heteroatoms. The lowest BCUT2D eigenvalue weighted by Gasteiger charge is -2.36. The number of hydrogen-bond donors (Lipinski definition) is 1. The molecule has 22 heavy (non-hydrogen) atoms. The van der Waals surface area contributed by atoms with Crippen molar-refractivity contribution in [2.75, 3.05) is 44.3 Å². The molecule has 2 rings (SSSR count). The second-order valence-electron chi connectivity index (χ2n) is 5.62. The van der Waals surface area contributed by atoms with Gasteiger partial charge in [0.25, 0.3) is 0 Å². The Labute approximate surface area is 131 Å². The van der Waals surface area contributed by atoms with E-state index in [1.54, 1.807) is 24.3 Å². The minimum atomic E-state index is -3.63. The van der Waals surface area contributed by atoms with Crippen molar-refractivity contribution in [3.05, 3.63) is 24.3 Å². The maximum Gasteiger partial charge on any atom is 0.238 e. The second kappa shape index (κ2) is 7.89. The minimum absolute atomic E-state index is 0.141. The Bertz CT molecular complexity index is 555. The molecule has 0 radical (unpaired) electrons. The van der Waals surface area contributed by atoms with Crippen LogP contribution < -0.4 is 10.0 Å². The summed E-state index contributed by atoms with van der Waals surface area (Å²) in [6.07, 6.45) is 2.66.